The Balaban J connectivity index is 0.00000225. The van der Waals surface area contributed by atoms with Crippen molar-refractivity contribution in [1.29, 1.82) is 0 Å². The fraction of sp³-hybridized carbons (Fsp3) is 0.556. The highest BCUT2D eigenvalue weighted by molar-refractivity contribution is 5.92. The van der Waals surface area contributed by atoms with Crippen LogP contribution in [-0.4, -0.2) is 37.6 Å². The molecule has 1 saturated heterocycles. The van der Waals surface area contributed by atoms with Gasteiger partial charge in [0.25, 0.3) is 0 Å². The summed E-state index contributed by atoms with van der Waals surface area (Å²) in [7, 11) is 0. The van der Waals surface area contributed by atoms with Gasteiger partial charge in [-0.3, -0.25) is 9.59 Å². The number of benzene rings is 1. The molecule has 1 aliphatic heterocycles. The predicted octanol–water partition coefficient (Wildman–Crippen LogP) is 1.84. The van der Waals surface area contributed by atoms with Crippen molar-refractivity contribution in [2.75, 3.05) is 25.1 Å². The van der Waals surface area contributed by atoms with Crippen LogP contribution in [-0.2, 0) is 20.9 Å². The van der Waals surface area contributed by atoms with Gasteiger partial charge in [-0.05, 0) is 30.5 Å². The first-order chi connectivity index (χ1) is 11.7. The standard InChI is InChI=1S/C18H25N3O3.ClH/c22-17(14-5-1-2-6-14)21-15-7-3-4-13(10-15)11-20-18(23)16-12-24-9-8-19-16;/h3-4,7,10,14,16,19H,1-2,5-6,8-9,11-12H2,(H,20,23)(H,21,22);1H. The minimum Gasteiger partial charge on any atom is -0.378 e. The van der Waals surface area contributed by atoms with Crippen LogP contribution in [0, 0.1) is 5.92 Å². The maximum atomic E-state index is 12.2. The number of halogens is 1. The summed E-state index contributed by atoms with van der Waals surface area (Å²) >= 11 is 0. The highest BCUT2D eigenvalue weighted by Gasteiger charge is 2.23. The molecular formula is C18H26ClN3O3. The molecule has 1 atom stereocenters. The van der Waals surface area contributed by atoms with Crippen molar-refractivity contribution in [1.82, 2.24) is 10.6 Å². The van der Waals surface area contributed by atoms with Gasteiger partial charge in [0.15, 0.2) is 0 Å². The minimum atomic E-state index is -0.288. The molecule has 25 heavy (non-hydrogen) atoms. The number of carbonyl (C=O) groups is 2. The number of rotatable bonds is 5. The number of morpholine rings is 1. The van der Waals surface area contributed by atoms with E-state index in [4.69, 9.17) is 4.74 Å². The third kappa shape index (κ3) is 5.70. The van der Waals surface area contributed by atoms with Crippen LogP contribution in [0.3, 0.4) is 0 Å². The second kappa shape index (κ2) is 9.75. The number of anilines is 1. The van der Waals surface area contributed by atoms with E-state index in [2.05, 4.69) is 16.0 Å². The van der Waals surface area contributed by atoms with Gasteiger partial charge in [-0.25, -0.2) is 0 Å². The van der Waals surface area contributed by atoms with Crippen molar-refractivity contribution in [2.24, 2.45) is 5.92 Å². The highest BCUT2D eigenvalue weighted by atomic mass is 35.5. The number of hydrogen-bond acceptors (Lipinski definition) is 4. The second-order valence-corrected chi connectivity index (χ2v) is 6.47. The fourth-order valence-corrected chi connectivity index (χ4v) is 3.24. The average molecular weight is 368 g/mol. The predicted molar refractivity (Wildman–Crippen MR) is 98.7 cm³/mol. The number of amides is 2. The van der Waals surface area contributed by atoms with Gasteiger partial charge in [-0.15, -0.1) is 12.4 Å². The van der Waals surface area contributed by atoms with Crippen molar-refractivity contribution < 1.29 is 14.3 Å². The van der Waals surface area contributed by atoms with E-state index in [1.54, 1.807) is 0 Å². The van der Waals surface area contributed by atoms with Gasteiger partial charge in [0.2, 0.25) is 11.8 Å². The van der Waals surface area contributed by atoms with E-state index >= 15 is 0 Å². The number of ether oxygens (including phenoxy) is 1. The third-order valence-corrected chi connectivity index (χ3v) is 4.63. The molecule has 1 aromatic carbocycles. The van der Waals surface area contributed by atoms with Crippen molar-refractivity contribution in [3.63, 3.8) is 0 Å². The molecule has 0 bridgehead atoms. The van der Waals surface area contributed by atoms with Crippen molar-refractivity contribution >= 4 is 29.9 Å². The Kier molecular flexibility index (Phi) is 7.68. The van der Waals surface area contributed by atoms with E-state index in [9.17, 15) is 9.59 Å². The molecule has 0 aromatic heterocycles. The maximum absolute atomic E-state index is 12.2. The first-order valence-corrected chi connectivity index (χ1v) is 8.71. The second-order valence-electron chi connectivity index (χ2n) is 6.47. The largest absolute Gasteiger partial charge is 0.378 e. The molecule has 1 aliphatic carbocycles. The molecule has 0 radical (unpaired) electrons. The average Bonchev–Trinajstić information content (AvgIpc) is 3.15. The first-order valence-electron chi connectivity index (χ1n) is 8.71. The Morgan fingerprint density at radius 2 is 2.00 bits per heavy atom. The lowest BCUT2D eigenvalue weighted by Crippen LogP contribution is -2.51. The Morgan fingerprint density at radius 1 is 1.20 bits per heavy atom. The van der Waals surface area contributed by atoms with Crippen LogP contribution in [0.4, 0.5) is 5.69 Å². The lowest BCUT2D eigenvalue weighted by Gasteiger charge is -2.22. The zero-order valence-corrected chi connectivity index (χ0v) is 15.1. The van der Waals surface area contributed by atoms with Crippen LogP contribution in [0.1, 0.15) is 31.2 Å². The number of carbonyl (C=O) groups excluding carboxylic acids is 2. The molecule has 2 aliphatic rings. The number of hydrogen-bond donors (Lipinski definition) is 3. The molecule has 1 aromatic rings. The Hall–Kier alpha value is -1.63. The molecule has 6 nitrogen and oxygen atoms in total. The van der Waals surface area contributed by atoms with Crippen LogP contribution < -0.4 is 16.0 Å². The molecular weight excluding hydrogens is 342 g/mol. The van der Waals surface area contributed by atoms with Crippen molar-refractivity contribution in [3.8, 4) is 0 Å². The van der Waals surface area contributed by atoms with E-state index in [0.717, 1.165) is 36.9 Å². The molecule has 2 fully saturated rings. The summed E-state index contributed by atoms with van der Waals surface area (Å²) in [5, 5.41) is 9.03. The highest BCUT2D eigenvalue weighted by Crippen LogP contribution is 2.26. The zero-order valence-electron chi connectivity index (χ0n) is 14.3. The van der Waals surface area contributed by atoms with E-state index in [-0.39, 0.29) is 36.2 Å². The summed E-state index contributed by atoms with van der Waals surface area (Å²) in [6.07, 6.45) is 4.25. The summed E-state index contributed by atoms with van der Waals surface area (Å²) in [4.78, 5) is 24.3. The van der Waals surface area contributed by atoms with Crippen LogP contribution in [0.15, 0.2) is 24.3 Å². The number of nitrogens with one attached hydrogen (secondary N) is 3. The van der Waals surface area contributed by atoms with E-state index in [1.807, 2.05) is 24.3 Å². The van der Waals surface area contributed by atoms with Crippen LogP contribution in [0.25, 0.3) is 0 Å². The van der Waals surface area contributed by atoms with Crippen LogP contribution in [0.5, 0.6) is 0 Å². The minimum absolute atomic E-state index is 0. The van der Waals surface area contributed by atoms with Gasteiger partial charge in [0.1, 0.15) is 6.04 Å². The van der Waals surface area contributed by atoms with Gasteiger partial charge in [0, 0.05) is 24.7 Å². The topological polar surface area (TPSA) is 79.5 Å². The lowest BCUT2D eigenvalue weighted by molar-refractivity contribution is -0.126. The Bertz CT molecular complexity index is 585. The summed E-state index contributed by atoms with van der Waals surface area (Å²) in [5.41, 5.74) is 1.75. The molecule has 138 valence electrons. The lowest BCUT2D eigenvalue weighted by atomic mass is 10.1. The van der Waals surface area contributed by atoms with Gasteiger partial charge in [-0.2, -0.15) is 0 Å². The maximum Gasteiger partial charge on any atom is 0.239 e. The zero-order chi connectivity index (χ0) is 16.8. The molecule has 2 amide bonds. The summed E-state index contributed by atoms with van der Waals surface area (Å²) in [6, 6.07) is 7.35. The van der Waals surface area contributed by atoms with E-state index in [0.29, 0.717) is 26.3 Å². The first kappa shape index (κ1) is 19.7. The molecule has 1 heterocycles. The molecule has 1 unspecified atom stereocenters. The quantitative estimate of drug-likeness (QED) is 0.742. The van der Waals surface area contributed by atoms with Gasteiger partial charge in [0.05, 0.1) is 13.2 Å². The molecule has 3 N–H and O–H groups in total. The fourth-order valence-electron chi connectivity index (χ4n) is 3.24. The monoisotopic (exact) mass is 367 g/mol. The Labute approximate surface area is 154 Å². The molecule has 1 saturated carbocycles. The SMILES string of the molecule is Cl.O=C(Nc1cccc(CNC(=O)C2COCCN2)c1)C1CCCC1. The van der Waals surface area contributed by atoms with Crippen molar-refractivity contribution in [2.45, 2.75) is 38.3 Å². The van der Waals surface area contributed by atoms with Gasteiger partial charge < -0.3 is 20.7 Å². The molecule has 0 spiro atoms. The summed E-state index contributed by atoms with van der Waals surface area (Å²) in [6.45, 7) is 2.18. The summed E-state index contributed by atoms with van der Waals surface area (Å²) < 4.78 is 5.30. The van der Waals surface area contributed by atoms with Gasteiger partial charge >= 0.3 is 0 Å². The van der Waals surface area contributed by atoms with E-state index in [1.165, 1.54) is 0 Å². The van der Waals surface area contributed by atoms with E-state index < -0.39 is 0 Å². The van der Waals surface area contributed by atoms with Crippen LogP contribution in [0.2, 0.25) is 0 Å². The smallest absolute Gasteiger partial charge is 0.239 e. The summed E-state index contributed by atoms with van der Waals surface area (Å²) in [5.74, 6) is 0.193. The normalized spacial score (nSPS) is 20.6. The van der Waals surface area contributed by atoms with Crippen molar-refractivity contribution in [3.05, 3.63) is 29.8 Å². The molecule has 7 heteroatoms. The Morgan fingerprint density at radius 3 is 2.72 bits per heavy atom. The van der Waals surface area contributed by atoms with Gasteiger partial charge in [-0.1, -0.05) is 25.0 Å². The van der Waals surface area contributed by atoms with Crippen LogP contribution >= 0.6 is 12.4 Å². The third-order valence-electron chi connectivity index (χ3n) is 4.63. The molecule has 3 rings (SSSR count).